The third kappa shape index (κ3) is 7.15. The van der Waals surface area contributed by atoms with Gasteiger partial charge in [0.15, 0.2) is 0 Å². The van der Waals surface area contributed by atoms with Crippen molar-refractivity contribution in [3.05, 3.63) is 83.5 Å². The average Bonchev–Trinajstić information content (AvgIpc) is 3.68. The molecule has 5 rings (SSSR count). The summed E-state index contributed by atoms with van der Waals surface area (Å²) in [7, 11) is 0. The molecule has 8 nitrogen and oxygen atoms in total. The van der Waals surface area contributed by atoms with Crippen molar-refractivity contribution in [1.29, 1.82) is 0 Å². The SMILES string of the molecule is CCCCN1CCSc2c(-c3ncco3)cc(C(=O)NC(Cc3cc(F)cc(F)c3)C(O)CCc3ccn[nH]3)cc21. The number of carbonyl (C=O) groups excluding carboxylic acids is 1. The number of H-pyrrole nitrogens is 1. The van der Waals surface area contributed by atoms with Crippen LogP contribution in [0.5, 0.6) is 0 Å². The number of nitrogens with zero attached hydrogens (tertiary/aromatic N) is 3. The van der Waals surface area contributed by atoms with Crippen LogP contribution in [0.25, 0.3) is 11.5 Å². The van der Waals surface area contributed by atoms with Crippen molar-refractivity contribution in [1.82, 2.24) is 20.5 Å². The van der Waals surface area contributed by atoms with Crippen molar-refractivity contribution in [2.45, 2.75) is 56.1 Å². The Labute approximate surface area is 241 Å². The number of rotatable bonds is 12. The first kappa shape index (κ1) is 28.8. The van der Waals surface area contributed by atoms with Crippen molar-refractivity contribution in [2.24, 2.45) is 0 Å². The molecule has 3 N–H and O–H groups in total. The average molecular weight is 582 g/mol. The van der Waals surface area contributed by atoms with Crippen LogP contribution in [0.2, 0.25) is 0 Å². The summed E-state index contributed by atoms with van der Waals surface area (Å²) in [6.07, 6.45) is 6.60. The lowest BCUT2D eigenvalue weighted by Crippen LogP contribution is -2.45. The number of aliphatic hydroxyl groups is 1. The van der Waals surface area contributed by atoms with Crippen LogP contribution >= 0.6 is 11.8 Å². The minimum Gasteiger partial charge on any atom is -0.444 e. The van der Waals surface area contributed by atoms with Crippen LogP contribution in [0.15, 0.2) is 64.4 Å². The molecule has 0 saturated heterocycles. The molecule has 0 radical (unpaired) electrons. The maximum atomic E-state index is 14.0. The highest BCUT2D eigenvalue weighted by molar-refractivity contribution is 7.99. The molecule has 0 fully saturated rings. The quantitative estimate of drug-likeness (QED) is 0.206. The van der Waals surface area contributed by atoms with Gasteiger partial charge >= 0.3 is 0 Å². The van der Waals surface area contributed by atoms with Crippen LogP contribution in [0.3, 0.4) is 0 Å². The first-order chi connectivity index (χ1) is 19.9. The number of aliphatic hydroxyl groups excluding tert-OH is 1. The van der Waals surface area contributed by atoms with Crippen LogP contribution in [0.1, 0.15) is 47.8 Å². The van der Waals surface area contributed by atoms with E-state index in [1.54, 1.807) is 30.2 Å². The summed E-state index contributed by atoms with van der Waals surface area (Å²) in [4.78, 5) is 21.4. The number of hydrogen-bond acceptors (Lipinski definition) is 7. The summed E-state index contributed by atoms with van der Waals surface area (Å²) in [5.41, 5.74) is 3.23. The summed E-state index contributed by atoms with van der Waals surface area (Å²) in [6, 6.07) is 7.85. The Bertz CT molecular complexity index is 1430. The second kappa shape index (κ2) is 13.3. The molecule has 1 amide bonds. The number of amides is 1. The predicted octanol–water partition coefficient (Wildman–Crippen LogP) is 5.39. The number of fused-ring (bicyclic) bond motifs is 1. The van der Waals surface area contributed by atoms with Gasteiger partial charge in [0, 0.05) is 47.3 Å². The van der Waals surface area contributed by atoms with Gasteiger partial charge in [-0.05, 0) is 61.6 Å². The number of thioether (sulfide) groups is 1. The molecule has 11 heteroatoms. The zero-order valence-corrected chi connectivity index (χ0v) is 23.6. The van der Waals surface area contributed by atoms with Gasteiger partial charge in [-0.1, -0.05) is 13.3 Å². The maximum absolute atomic E-state index is 14.0. The monoisotopic (exact) mass is 581 g/mol. The van der Waals surface area contributed by atoms with E-state index in [9.17, 15) is 18.7 Å². The van der Waals surface area contributed by atoms with Gasteiger partial charge in [0.25, 0.3) is 5.91 Å². The molecule has 2 aromatic heterocycles. The molecule has 1 aliphatic rings. The number of hydrogen-bond donors (Lipinski definition) is 3. The first-order valence-corrected chi connectivity index (χ1v) is 14.8. The van der Waals surface area contributed by atoms with Gasteiger partial charge in [0.1, 0.15) is 17.9 Å². The molecule has 4 aromatic rings. The molecule has 41 heavy (non-hydrogen) atoms. The van der Waals surface area contributed by atoms with Gasteiger partial charge in [-0.25, -0.2) is 13.8 Å². The highest BCUT2D eigenvalue weighted by Gasteiger charge is 2.28. The van der Waals surface area contributed by atoms with E-state index in [1.165, 1.54) is 18.4 Å². The van der Waals surface area contributed by atoms with Gasteiger partial charge in [-0.2, -0.15) is 5.10 Å². The summed E-state index contributed by atoms with van der Waals surface area (Å²) >= 11 is 1.71. The Hall–Kier alpha value is -3.70. The standard InChI is InChI=1S/C30H33F2N5O3S/c1-2-3-9-37-10-12-41-28-24(30-33-8-11-40-30)16-20(17-26(28)37)29(39)35-25(15-19-13-21(31)18-22(32)14-19)27(38)5-4-23-6-7-34-36-23/h6-8,11,13-14,16-18,25,27,38H,2-5,9-10,12,15H2,1H3,(H,34,36)(H,35,39). The Kier molecular flexibility index (Phi) is 9.35. The van der Waals surface area contributed by atoms with Crippen molar-refractivity contribution >= 4 is 23.4 Å². The van der Waals surface area contributed by atoms with Crippen LogP contribution in [0, 0.1) is 11.6 Å². The highest BCUT2D eigenvalue weighted by atomic mass is 32.2. The number of unbranched alkanes of at least 4 members (excludes halogenated alkanes) is 1. The lowest BCUT2D eigenvalue weighted by molar-refractivity contribution is 0.0814. The summed E-state index contributed by atoms with van der Waals surface area (Å²) in [6.45, 7) is 3.86. The lowest BCUT2D eigenvalue weighted by Gasteiger charge is -2.32. The minimum atomic E-state index is -0.992. The molecule has 2 atom stereocenters. The molecule has 0 bridgehead atoms. The Morgan fingerprint density at radius 1 is 1.22 bits per heavy atom. The summed E-state index contributed by atoms with van der Waals surface area (Å²) in [5, 5.41) is 20.9. The number of nitrogens with one attached hydrogen (secondary N) is 2. The zero-order valence-electron chi connectivity index (χ0n) is 22.8. The number of anilines is 1. The number of aryl methyl sites for hydroxylation is 1. The van der Waals surface area contributed by atoms with Crippen LogP contribution in [-0.2, 0) is 12.8 Å². The topological polar surface area (TPSA) is 107 Å². The maximum Gasteiger partial charge on any atom is 0.251 e. The molecule has 3 heterocycles. The van der Waals surface area contributed by atoms with Gasteiger partial charge in [0.2, 0.25) is 5.89 Å². The molecule has 0 aliphatic carbocycles. The van der Waals surface area contributed by atoms with Gasteiger partial charge in [-0.15, -0.1) is 11.8 Å². The fourth-order valence-corrected chi connectivity index (χ4v) is 6.21. The van der Waals surface area contributed by atoms with E-state index in [0.29, 0.717) is 29.9 Å². The third-order valence-electron chi connectivity index (χ3n) is 7.15. The van der Waals surface area contributed by atoms with E-state index in [1.807, 2.05) is 12.1 Å². The number of oxazole rings is 1. The number of aromatic amines is 1. The van der Waals surface area contributed by atoms with Crippen molar-refractivity contribution < 1.29 is 23.1 Å². The number of aromatic nitrogens is 3. The zero-order chi connectivity index (χ0) is 28.8. The molecular formula is C30H33F2N5O3S. The second-order valence-corrected chi connectivity index (χ2v) is 11.3. The summed E-state index contributed by atoms with van der Waals surface area (Å²) in [5.74, 6) is -0.509. The van der Waals surface area contributed by atoms with E-state index < -0.39 is 29.7 Å². The van der Waals surface area contributed by atoms with Crippen molar-refractivity contribution in [3.63, 3.8) is 0 Å². The fourth-order valence-electron chi connectivity index (χ4n) is 5.05. The van der Waals surface area contributed by atoms with E-state index in [0.717, 1.165) is 59.6 Å². The van der Waals surface area contributed by atoms with Gasteiger partial charge in [0.05, 0.1) is 29.6 Å². The molecule has 2 aromatic carbocycles. The van der Waals surface area contributed by atoms with Crippen LogP contribution in [-0.4, -0.2) is 57.2 Å². The molecule has 216 valence electrons. The Balaban J connectivity index is 1.45. The Morgan fingerprint density at radius 3 is 2.76 bits per heavy atom. The fraction of sp³-hybridized carbons (Fsp3) is 0.367. The molecular weight excluding hydrogens is 548 g/mol. The number of halogens is 2. The molecule has 0 saturated carbocycles. The first-order valence-electron chi connectivity index (χ1n) is 13.8. The summed E-state index contributed by atoms with van der Waals surface area (Å²) < 4.78 is 33.6. The van der Waals surface area contributed by atoms with E-state index in [-0.39, 0.29) is 6.42 Å². The van der Waals surface area contributed by atoms with Crippen molar-refractivity contribution in [2.75, 3.05) is 23.7 Å². The van der Waals surface area contributed by atoms with E-state index in [4.69, 9.17) is 4.42 Å². The molecule has 1 aliphatic heterocycles. The van der Waals surface area contributed by atoms with Crippen LogP contribution < -0.4 is 10.2 Å². The highest BCUT2D eigenvalue weighted by Crippen LogP contribution is 2.42. The van der Waals surface area contributed by atoms with Crippen LogP contribution in [0.4, 0.5) is 14.5 Å². The van der Waals surface area contributed by atoms with Gasteiger partial charge in [-0.3, -0.25) is 9.89 Å². The third-order valence-corrected chi connectivity index (χ3v) is 8.26. The normalized spacial score (nSPS) is 14.5. The van der Waals surface area contributed by atoms with Gasteiger partial charge < -0.3 is 19.7 Å². The largest absolute Gasteiger partial charge is 0.444 e. The Morgan fingerprint density at radius 2 is 2.05 bits per heavy atom. The number of benzene rings is 2. The van der Waals surface area contributed by atoms with E-state index >= 15 is 0 Å². The predicted molar refractivity (Wildman–Crippen MR) is 154 cm³/mol. The van der Waals surface area contributed by atoms with Crippen molar-refractivity contribution in [3.8, 4) is 11.5 Å². The lowest BCUT2D eigenvalue weighted by atomic mass is 9.96. The van der Waals surface area contributed by atoms with E-state index in [2.05, 4.69) is 32.3 Å². The molecule has 2 unspecified atom stereocenters. The minimum absolute atomic E-state index is 0.0422. The number of carbonyl (C=O) groups is 1. The smallest absolute Gasteiger partial charge is 0.251 e. The second-order valence-electron chi connectivity index (χ2n) is 10.1. The molecule has 0 spiro atoms.